The minimum atomic E-state index is -3.62. The van der Waals surface area contributed by atoms with Crippen molar-refractivity contribution in [2.24, 2.45) is 0 Å². The number of hydrogen-bond donors (Lipinski definition) is 3. The van der Waals surface area contributed by atoms with Gasteiger partial charge in [0.05, 0.1) is 24.9 Å². The average molecular weight is 552 g/mol. The van der Waals surface area contributed by atoms with Crippen LogP contribution in [0.1, 0.15) is 54.9 Å². The average Bonchev–Trinajstić information content (AvgIpc) is 2.92. The number of aromatic nitrogens is 1. The highest BCUT2D eigenvalue weighted by molar-refractivity contribution is 7.89. The van der Waals surface area contributed by atoms with Crippen LogP contribution in [-0.2, 0) is 27.7 Å². The number of hydrogen-bond acceptors (Lipinski definition) is 7. The number of ether oxygens (including phenoxy) is 1. The van der Waals surface area contributed by atoms with E-state index < -0.39 is 22.0 Å². The number of aliphatic hydroxyl groups is 1. The molecule has 0 aliphatic heterocycles. The molecular formula is C30H37N3O5S. The molecule has 0 radical (unpaired) electrons. The fourth-order valence-electron chi connectivity index (χ4n) is 4.79. The van der Waals surface area contributed by atoms with Gasteiger partial charge in [0.1, 0.15) is 5.75 Å². The summed E-state index contributed by atoms with van der Waals surface area (Å²) in [5.74, 6) is 0.0492. The summed E-state index contributed by atoms with van der Waals surface area (Å²) in [5, 5.41) is 13.6. The van der Waals surface area contributed by atoms with E-state index in [2.05, 4.69) is 34.6 Å². The molecule has 8 nitrogen and oxygen atoms in total. The lowest BCUT2D eigenvalue weighted by atomic mass is 9.97. The molecule has 0 bridgehead atoms. The molecule has 3 N–H and O–H groups in total. The number of nitrogens with zero attached hydrogens (tertiary/aromatic N) is 1. The Hall–Kier alpha value is -3.27. The van der Waals surface area contributed by atoms with E-state index in [1.165, 1.54) is 12.0 Å². The molecule has 1 atom stereocenters. The molecule has 2 aromatic carbocycles. The molecule has 1 saturated carbocycles. The van der Waals surface area contributed by atoms with Crippen molar-refractivity contribution in [3.05, 3.63) is 83.7 Å². The van der Waals surface area contributed by atoms with E-state index in [-0.39, 0.29) is 12.5 Å². The molecule has 0 unspecified atom stereocenters. The maximum absolute atomic E-state index is 12.3. The number of nitrogens with one attached hydrogen (secondary N) is 2. The van der Waals surface area contributed by atoms with Gasteiger partial charge in [-0.1, -0.05) is 48.9 Å². The highest BCUT2D eigenvalue weighted by atomic mass is 32.2. The molecule has 3 aromatic rings. The maximum Gasteiger partial charge on any atom is 0.237 e. The zero-order valence-corrected chi connectivity index (χ0v) is 23.1. The third-order valence-corrected chi connectivity index (χ3v) is 7.45. The van der Waals surface area contributed by atoms with Crippen LogP contribution in [0, 0.1) is 0 Å². The number of sulfonamides is 1. The van der Waals surface area contributed by atoms with Crippen molar-refractivity contribution in [1.29, 1.82) is 0 Å². The van der Waals surface area contributed by atoms with Crippen LogP contribution in [0.2, 0.25) is 0 Å². The summed E-state index contributed by atoms with van der Waals surface area (Å²) in [4.78, 5) is 16.4. The summed E-state index contributed by atoms with van der Waals surface area (Å²) in [5.41, 5.74) is 4.64. The Morgan fingerprint density at radius 1 is 1.08 bits per heavy atom. The molecule has 1 aliphatic carbocycles. The van der Waals surface area contributed by atoms with Crippen LogP contribution in [0.15, 0.2) is 67.0 Å². The molecule has 1 aliphatic rings. The van der Waals surface area contributed by atoms with Crippen molar-refractivity contribution < 1.29 is 23.1 Å². The topological polar surface area (TPSA) is 118 Å². The Bertz CT molecular complexity index is 1320. The Labute approximate surface area is 230 Å². The van der Waals surface area contributed by atoms with Crippen molar-refractivity contribution in [3.63, 3.8) is 0 Å². The lowest BCUT2D eigenvalue weighted by Crippen LogP contribution is -2.31. The van der Waals surface area contributed by atoms with Gasteiger partial charge in [-0.05, 0) is 67.5 Å². The van der Waals surface area contributed by atoms with Crippen LogP contribution < -0.4 is 14.8 Å². The van der Waals surface area contributed by atoms with E-state index in [1.54, 1.807) is 12.4 Å². The number of benzene rings is 2. The molecule has 1 heterocycles. The quantitative estimate of drug-likeness (QED) is 0.292. The van der Waals surface area contributed by atoms with E-state index in [0.717, 1.165) is 61.6 Å². The molecule has 1 amide bonds. The number of carbonyl (C=O) groups excluding carboxylic acids is 1. The van der Waals surface area contributed by atoms with Gasteiger partial charge >= 0.3 is 0 Å². The summed E-state index contributed by atoms with van der Waals surface area (Å²) in [7, 11) is -3.62. The second kappa shape index (κ2) is 13.7. The van der Waals surface area contributed by atoms with Gasteiger partial charge in [0, 0.05) is 30.1 Å². The molecule has 0 spiro atoms. The fourth-order valence-corrected chi connectivity index (χ4v) is 5.28. The number of pyridine rings is 1. The summed E-state index contributed by atoms with van der Waals surface area (Å²) in [6.45, 7) is 1.20. The fraction of sp³-hybridized carbons (Fsp3) is 0.400. The number of rotatable bonds is 12. The van der Waals surface area contributed by atoms with E-state index in [1.807, 2.05) is 35.1 Å². The van der Waals surface area contributed by atoms with Crippen molar-refractivity contribution in [3.8, 4) is 16.9 Å². The Morgan fingerprint density at radius 3 is 2.51 bits per heavy atom. The third-order valence-electron chi connectivity index (χ3n) is 6.85. The lowest BCUT2D eigenvalue weighted by molar-refractivity contribution is -0.118. The first-order valence-electron chi connectivity index (χ1n) is 13.4. The van der Waals surface area contributed by atoms with Crippen LogP contribution in [-0.4, -0.2) is 49.9 Å². The molecule has 39 heavy (non-hydrogen) atoms. The van der Waals surface area contributed by atoms with Crippen molar-refractivity contribution in [1.82, 2.24) is 15.0 Å². The maximum atomic E-state index is 12.3. The van der Waals surface area contributed by atoms with E-state index in [4.69, 9.17) is 4.74 Å². The second-order valence-electron chi connectivity index (χ2n) is 10.1. The summed E-state index contributed by atoms with van der Waals surface area (Å²) in [6, 6.07) is 17.7. The number of aliphatic hydroxyl groups excluding tert-OH is 1. The first kappa shape index (κ1) is 28.7. The predicted octanol–water partition coefficient (Wildman–Crippen LogP) is 3.94. The molecule has 0 saturated heterocycles. The zero-order chi connectivity index (χ0) is 27.7. The van der Waals surface area contributed by atoms with Crippen LogP contribution >= 0.6 is 0 Å². The van der Waals surface area contributed by atoms with Crippen molar-refractivity contribution in [2.75, 3.05) is 19.3 Å². The van der Waals surface area contributed by atoms with Gasteiger partial charge in [0.2, 0.25) is 15.9 Å². The monoisotopic (exact) mass is 551 g/mol. The SMILES string of the molecule is CS(=O)(=O)NC(=O)Cc1ccc(-c2ccc(CCNC[C@H](O)c3cccnc3)cc2)cc1OC1CCCCC1. The van der Waals surface area contributed by atoms with Gasteiger partial charge in [0.25, 0.3) is 0 Å². The largest absolute Gasteiger partial charge is 0.490 e. The Kier molecular flexibility index (Phi) is 10.1. The standard InChI is InChI=1S/C30H37N3O5S/c1-39(36,37)33-30(35)19-25-14-13-24(18-29(25)38-27-7-3-2-4-8-27)23-11-9-22(10-12-23)15-17-32-21-28(34)26-6-5-16-31-20-26/h5-6,9-14,16,18,20,27-28,32,34H,2-4,7-8,15,17,19,21H2,1H3,(H,33,35)/t28-/m0/s1. The molecule has 1 fully saturated rings. The summed E-state index contributed by atoms with van der Waals surface area (Å²) >= 11 is 0. The molecule has 4 rings (SSSR count). The van der Waals surface area contributed by atoms with Crippen LogP contribution in [0.4, 0.5) is 0 Å². The van der Waals surface area contributed by atoms with Gasteiger partial charge in [-0.25, -0.2) is 8.42 Å². The van der Waals surface area contributed by atoms with Crippen LogP contribution in [0.25, 0.3) is 11.1 Å². The zero-order valence-electron chi connectivity index (χ0n) is 22.3. The molecular weight excluding hydrogens is 514 g/mol. The van der Waals surface area contributed by atoms with Gasteiger partial charge < -0.3 is 15.2 Å². The number of carbonyl (C=O) groups is 1. The van der Waals surface area contributed by atoms with E-state index in [9.17, 15) is 18.3 Å². The minimum absolute atomic E-state index is 0.0726. The normalized spacial score (nSPS) is 15.0. The third kappa shape index (κ3) is 9.16. The van der Waals surface area contributed by atoms with Gasteiger partial charge in [-0.3, -0.25) is 14.5 Å². The van der Waals surface area contributed by atoms with Gasteiger partial charge in [-0.2, -0.15) is 0 Å². The Morgan fingerprint density at radius 2 is 1.82 bits per heavy atom. The van der Waals surface area contributed by atoms with Crippen LogP contribution in [0.5, 0.6) is 5.75 Å². The highest BCUT2D eigenvalue weighted by Crippen LogP contribution is 2.31. The minimum Gasteiger partial charge on any atom is -0.490 e. The number of amides is 1. The van der Waals surface area contributed by atoms with Crippen LogP contribution in [0.3, 0.4) is 0 Å². The predicted molar refractivity (Wildman–Crippen MR) is 152 cm³/mol. The summed E-state index contributed by atoms with van der Waals surface area (Å²) < 4.78 is 31.4. The first-order chi connectivity index (χ1) is 18.8. The van der Waals surface area contributed by atoms with Crippen molar-refractivity contribution in [2.45, 2.75) is 57.2 Å². The van der Waals surface area contributed by atoms with E-state index >= 15 is 0 Å². The highest BCUT2D eigenvalue weighted by Gasteiger charge is 2.19. The first-order valence-corrected chi connectivity index (χ1v) is 15.3. The van der Waals surface area contributed by atoms with Gasteiger partial charge in [-0.15, -0.1) is 0 Å². The molecule has 9 heteroatoms. The smallest absolute Gasteiger partial charge is 0.237 e. The summed E-state index contributed by atoms with van der Waals surface area (Å²) in [6.07, 6.45) is 9.98. The molecule has 208 valence electrons. The Balaban J connectivity index is 1.39. The van der Waals surface area contributed by atoms with E-state index in [0.29, 0.717) is 17.9 Å². The lowest BCUT2D eigenvalue weighted by Gasteiger charge is -2.24. The second-order valence-corrected chi connectivity index (χ2v) is 11.9. The van der Waals surface area contributed by atoms with Crippen molar-refractivity contribution >= 4 is 15.9 Å². The van der Waals surface area contributed by atoms with Gasteiger partial charge in [0.15, 0.2) is 0 Å². The molecule has 1 aromatic heterocycles.